The van der Waals surface area contributed by atoms with Gasteiger partial charge in [0.05, 0.1) is 16.4 Å². The van der Waals surface area contributed by atoms with Crippen LogP contribution >= 0.6 is 15.9 Å². The van der Waals surface area contributed by atoms with Crippen LogP contribution in [0.5, 0.6) is 11.5 Å². The number of fused-ring (bicyclic) bond motifs is 1. The molecular weight excluding hydrogens is 586 g/mol. The lowest BCUT2D eigenvalue weighted by atomic mass is 10.1. The summed E-state index contributed by atoms with van der Waals surface area (Å²) in [5.74, 6) is 1.67. The highest BCUT2D eigenvalue weighted by Gasteiger charge is 2.27. The highest BCUT2D eigenvalue weighted by Crippen LogP contribution is 2.46. The number of hydrogen-bond donors (Lipinski definition) is 3. The predicted octanol–water partition coefficient (Wildman–Crippen LogP) is 4.43. The Bertz CT molecular complexity index is 1440. The van der Waals surface area contributed by atoms with Crippen molar-refractivity contribution in [1.29, 1.82) is 0 Å². The molecule has 0 atom stereocenters. The average Bonchev–Trinajstić information content (AvgIpc) is 2.90. The molecule has 11 nitrogen and oxygen atoms in total. The van der Waals surface area contributed by atoms with Crippen LogP contribution in [0.2, 0.25) is 0 Å². The van der Waals surface area contributed by atoms with Gasteiger partial charge in [0.15, 0.2) is 11.5 Å². The quantitative estimate of drug-likeness (QED) is 0.284. The minimum absolute atomic E-state index is 0.316. The van der Waals surface area contributed by atoms with Crippen LogP contribution in [-0.2, 0) is 16.4 Å². The third-order valence-corrected chi connectivity index (χ3v) is 7.87. The maximum absolute atomic E-state index is 12.5. The lowest BCUT2D eigenvalue weighted by Gasteiger charge is -2.27. The third-order valence-electron chi connectivity index (χ3n) is 6.11. The van der Waals surface area contributed by atoms with E-state index in [4.69, 9.17) is 9.47 Å². The Morgan fingerprint density at radius 1 is 1.05 bits per heavy atom. The number of nitrogens with zero attached hydrogens (tertiary/aromatic N) is 4. The first-order valence-corrected chi connectivity index (χ1v) is 15.2. The number of sulfonamides is 1. The summed E-state index contributed by atoms with van der Waals surface area (Å²) in [5, 5.41) is 10.0. The lowest BCUT2D eigenvalue weighted by molar-refractivity contribution is 0.172. The first-order chi connectivity index (χ1) is 18.6. The second-order valence-corrected chi connectivity index (χ2v) is 12.2. The first kappa shape index (κ1) is 28.7. The van der Waals surface area contributed by atoms with E-state index in [2.05, 4.69) is 79.9 Å². The summed E-state index contributed by atoms with van der Waals surface area (Å²) in [7, 11) is 1.98. The zero-order valence-electron chi connectivity index (χ0n) is 22.7. The molecule has 4 rings (SSSR count). The fourth-order valence-electron chi connectivity index (χ4n) is 4.00. The molecule has 0 saturated carbocycles. The maximum Gasteiger partial charge on any atom is 0.232 e. The Balaban J connectivity index is 1.60. The van der Waals surface area contributed by atoms with E-state index in [1.54, 1.807) is 18.3 Å². The molecule has 2 aromatic carbocycles. The Morgan fingerprint density at radius 3 is 2.51 bits per heavy atom. The predicted molar refractivity (Wildman–Crippen MR) is 160 cm³/mol. The van der Waals surface area contributed by atoms with Gasteiger partial charge in [0.25, 0.3) is 0 Å². The van der Waals surface area contributed by atoms with Crippen molar-refractivity contribution in [2.45, 2.75) is 13.3 Å². The zero-order valence-corrected chi connectivity index (χ0v) is 25.1. The van der Waals surface area contributed by atoms with Crippen LogP contribution < -0.4 is 29.7 Å². The molecule has 1 aliphatic heterocycles. The van der Waals surface area contributed by atoms with Crippen molar-refractivity contribution in [3.63, 3.8) is 0 Å². The number of aromatic nitrogens is 2. The molecule has 3 N–H and O–H groups in total. The monoisotopic (exact) mass is 619 g/mol. The number of hydrogen-bond acceptors (Lipinski definition) is 10. The molecular formula is C26H34BrN7O4S. The molecule has 0 unspecified atom stereocenters. The first-order valence-electron chi connectivity index (χ1n) is 12.5. The summed E-state index contributed by atoms with van der Waals surface area (Å²) in [6.07, 6.45) is 3.64. The van der Waals surface area contributed by atoms with Crippen LogP contribution in [0.25, 0.3) is 0 Å². The zero-order chi connectivity index (χ0) is 28.2. The summed E-state index contributed by atoms with van der Waals surface area (Å²) in [5.41, 5.74) is 3.96. The van der Waals surface area contributed by atoms with E-state index >= 15 is 0 Å². The van der Waals surface area contributed by atoms with Crippen molar-refractivity contribution < 1.29 is 17.9 Å². The minimum Gasteiger partial charge on any atom is -0.486 e. The van der Waals surface area contributed by atoms with Crippen molar-refractivity contribution in [1.82, 2.24) is 14.9 Å². The summed E-state index contributed by atoms with van der Waals surface area (Å²) in [6, 6.07) is 9.59. The van der Waals surface area contributed by atoms with E-state index in [0.29, 0.717) is 52.3 Å². The highest BCUT2D eigenvalue weighted by atomic mass is 79.9. The second-order valence-electron chi connectivity index (χ2n) is 9.31. The number of nitrogens with one attached hydrogen (secondary N) is 3. The van der Waals surface area contributed by atoms with Gasteiger partial charge in [-0.2, -0.15) is 4.98 Å². The molecule has 0 aliphatic carbocycles. The third kappa shape index (κ3) is 7.02. The van der Waals surface area contributed by atoms with Crippen LogP contribution in [-0.4, -0.2) is 77.0 Å². The van der Waals surface area contributed by atoms with E-state index in [9.17, 15) is 8.42 Å². The molecule has 1 aromatic heterocycles. The van der Waals surface area contributed by atoms with Gasteiger partial charge in [-0.15, -0.1) is 0 Å². The molecule has 13 heteroatoms. The van der Waals surface area contributed by atoms with Gasteiger partial charge in [-0.1, -0.05) is 6.92 Å². The average molecular weight is 621 g/mol. The van der Waals surface area contributed by atoms with Gasteiger partial charge in [-0.3, -0.25) is 4.31 Å². The molecule has 0 radical (unpaired) electrons. The van der Waals surface area contributed by atoms with E-state index in [1.165, 1.54) is 12.6 Å². The molecule has 0 amide bonds. The largest absolute Gasteiger partial charge is 0.486 e. The Morgan fingerprint density at radius 2 is 1.79 bits per heavy atom. The lowest BCUT2D eigenvalue weighted by Crippen LogP contribution is -2.27. The topological polar surface area (TPSA) is 121 Å². The number of benzene rings is 2. The van der Waals surface area contributed by atoms with Gasteiger partial charge in [-0.25, -0.2) is 13.4 Å². The van der Waals surface area contributed by atoms with Crippen LogP contribution in [0.1, 0.15) is 12.5 Å². The normalized spacial score (nSPS) is 12.8. The number of rotatable bonds is 11. The van der Waals surface area contributed by atoms with Crippen LogP contribution in [0, 0.1) is 0 Å². The highest BCUT2D eigenvalue weighted by molar-refractivity contribution is 9.10. The Labute approximate surface area is 238 Å². The minimum atomic E-state index is -3.59. The van der Waals surface area contributed by atoms with Gasteiger partial charge in [-0.05, 0) is 72.3 Å². The molecule has 210 valence electrons. The van der Waals surface area contributed by atoms with E-state index in [0.717, 1.165) is 41.4 Å². The Hall–Kier alpha value is -3.29. The Kier molecular flexibility index (Phi) is 9.03. The van der Waals surface area contributed by atoms with Crippen molar-refractivity contribution >= 4 is 60.5 Å². The van der Waals surface area contributed by atoms with Gasteiger partial charge in [0.2, 0.25) is 16.0 Å². The van der Waals surface area contributed by atoms with Gasteiger partial charge in [0.1, 0.15) is 24.7 Å². The molecule has 0 spiro atoms. The molecule has 2 heterocycles. The summed E-state index contributed by atoms with van der Waals surface area (Å²) in [6.45, 7) is 4.62. The summed E-state index contributed by atoms with van der Waals surface area (Å²) >= 11 is 3.50. The van der Waals surface area contributed by atoms with Crippen LogP contribution in [0.3, 0.4) is 0 Å². The van der Waals surface area contributed by atoms with Crippen LogP contribution in [0.4, 0.5) is 34.5 Å². The summed E-state index contributed by atoms with van der Waals surface area (Å²) in [4.78, 5) is 11.2. The number of halogens is 1. The van der Waals surface area contributed by atoms with Gasteiger partial charge in [0, 0.05) is 37.7 Å². The van der Waals surface area contributed by atoms with Gasteiger partial charge < -0.3 is 30.3 Å². The van der Waals surface area contributed by atoms with E-state index in [-0.39, 0.29) is 0 Å². The summed E-state index contributed by atoms with van der Waals surface area (Å²) < 4.78 is 38.2. The van der Waals surface area contributed by atoms with Crippen molar-refractivity contribution in [3.05, 3.63) is 46.6 Å². The molecule has 0 fully saturated rings. The number of ether oxygens (including phenoxy) is 2. The molecule has 39 heavy (non-hydrogen) atoms. The number of anilines is 6. The van der Waals surface area contributed by atoms with Crippen molar-refractivity contribution in [2.24, 2.45) is 0 Å². The number of aryl methyl sites for hydroxylation is 1. The van der Waals surface area contributed by atoms with Crippen molar-refractivity contribution in [2.75, 3.05) is 74.0 Å². The molecule has 0 bridgehead atoms. The maximum atomic E-state index is 12.5. The van der Waals surface area contributed by atoms with E-state index in [1.807, 2.05) is 6.07 Å². The SMILES string of the molecule is CCc1cc(Nc2ncc(Br)c(Nc3ccc4c(c3N(C)S(C)(=O)=O)OCCO4)n2)ccc1NCCN(C)C. The molecule has 1 aliphatic rings. The fourth-order valence-corrected chi connectivity index (χ4v) is 4.81. The van der Waals surface area contributed by atoms with Crippen LogP contribution in [0.15, 0.2) is 41.0 Å². The smallest absolute Gasteiger partial charge is 0.232 e. The molecule has 3 aromatic rings. The van der Waals surface area contributed by atoms with Crippen molar-refractivity contribution in [3.8, 4) is 11.5 Å². The number of likely N-dealkylation sites (N-methyl/N-ethyl adjacent to an activating group) is 1. The molecule has 0 saturated heterocycles. The second kappa shape index (κ2) is 12.3. The van der Waals surface area contributed by atoms with E-state index < -0.39 is 10.0 Å². The standard InChI is InChI=1S/C26H34BrN7O4S/c1-6-17-15-18(7-8-20(17)28-11-12-33(2)3)30-26-29-16-19(27)25(32-26)31-21-9-10-22-24(38-14-13-37-22)23(21)34(4)39(5,35)36/h7-10,15-16,28H,6,11-14H2,1-5H3,(H2,29,30,31,32). The van der Waals surface area contributed by atoms with Gasteiger partial charge >= 0.3 is 0 Å². The fraction of sp³-hybridized carbons (Fsp3) is 0.385.